The highest BCUT2D eigenvalue weighted by Crippen LogP contribution is 2.28. The number of hydrogen-bond donors (Lipinski definition) is 1. The molecule has 3 aromatic rings. The van der Waals surface area contributed by atoms with Crippen molar-refractivity contribution < 1.29 is 0 Å². The summed E-state index contributed by atoms with van der Waals surface area (Å²) in [5, 5.41) is 0. The second-order valence-electron chi connectivity index (χ2n) is 4.74. The van der Waals surface area contributed by atoms with Gasteiger partial charge in [-0.3, -0.25) is 9.97 Å². The molecular formula is C17H15N3. The second kappa shape index (κ2) is 5.13. The zero-order chi connectivity index (χ0) is 13.9. The molecule has 0 aliphatic rings. The highest BCUT2D eigenvalue weighted by molar-refractivity contribution is 5.78. The van der Waals surface area contributed by atoms with Gasteiger partial charge in [-0.25, -0.2) is 0 Å². The highest BCUT2D eigenvalue weighted by atomic mass is 14.8. The summed E-state index contributed by atoms with van der Waals surface area (Å²) in [4.78, 5) is 8.96. The van der Waals surface area contributed by atoms with Gasteiger partial charge in [0, 0.05) is 29.2 Å². The van der Waals surface area contributed by atoms with Crippen LogP contribution in [0.25, 0.3) is 22.5 Å². The molecule has 0 fully saturated rings. The van der Waals surface area contributed by atoms with E-state index in [9.17, 15) is 0 Å². The van der Waals surface area contributed by atoms with Crippen molar-refractivity contribution in [2.45, 2.75) is 6.92 Å². The molecule has 1 heterocycles. The predicted molar refractivity (Wildman–Crippen MR) is 82.1 cm³/mol. The fourth-order valence-corrected chi connectivity index (χ4v) is 2.11. The van der Waals surface area contributed by atoms with Gasteiger partial charge in [-0.1, -0.05) is 42.0 Å². The first-order valence-corrected chi connectivity index (χ1v) is 6.48. The molecule has 0 radical (unpaired) electrons. The highest BCUT2D eigenvalue weighted by Gasteiger charge is 2.09. The van der Waals surface area contributed by atoms with Crippen molar-refractivity contribution >= 4 is 5.69 Å². The van der Waals surface area contributed by atoms with Gasteiger partial charge in [-0.05, 0) is 19.1 Å². The fourth-order valence-electron chi connectivity index (χ4n) is 2.11. The number of aromatic nitrogens is 2. The summed E-state index contributed by atoms with van der Waals surface area (Å²) >= 11 is 0. The molecule has 0 unspecified atom stereocenters. The van der Waals surface area contributed by atoms with Gasteiger partial charge in [0.15, 0.2) is 0 Å². The maximum atomic E-state index is 5.73. The Bertz CT molecular complexity index is 651. The van der Waals surface area contributed by atoms with Crippen molar-refractivity contribution in [3.8, 4) is 22.5 Å². The van der Waals surface area contributed by atoms with Crippen LogP contribution in [-0.4, -0.2) is 9.97 Å². The third-order valence-corrected chi connectivity index (χ3v) is 3.21. The quantitative estimate of drug-likeness (QED) is 0.715. The van der Waals surface area contributed by atoms with E-state index in [1.165, 1.54) is 5.56 Å². The summed E-state index contributed by atoms with van der Waals surface area (Å²) in [7, 11) is 0. The van der Waals surface area contributed by atoms with Gasteiger partial charge in [0.2, 0.25) is 0 Å². The Morgan fingerprint density at radius 1 is 0.700 bits per heavy atom. The van der Waals surface area contributed by atoms with E-state index >= 15 is 0 Å². The Morgan fingerprint density at radius 3 is 1.65 bits per heavy atom. The Labute approximate surface area is 118 Å². The van der Waals surface area contributed by atoms with Crippen molar-refractivity contribution in [3.05, 3.63) is 66.5 Å². The Hall–Kier alpha value is -2.68. The average molecular weight is 261 g/mol. The summed E-state index contributed by atoms with van der Waals surface area (Å²) in [5.74, 6) is 0. The summed E-state index contributed by atoms with van der Waals surface area (Å²) in [6.45, 7) is 2.07. The number of anilines is 1. The number of benzene rings is 2. The predicted octanol–water partition coefficient (Wildman–Crippen LogP) is 3.70. The zero-order valence-corrected chi connectivity index (χ0v) is 11.2. The van der Waals surface area contributed by atoms with Crippen LogP contribution < -0.4 is 5.73 Å². The van der Waals surface area contributed by atoms with Gasteiger partial charge in [-0.2, -0.15) is 0 Å². The van der Waals surface area contributed by atoms with Gasteiger partial charge < -0.3 is 5.73 Å². The van der Waals surface area contributed by atoms with Crippen LogP contribution in [-0.2, 0) is 0 Å². The molecular weight excluding hydrogens is 246 g/mol. The Balaban J connectivity index is 2.13. The van der Waals surface area contributed by atoms with Crippen LogP contribution in [0.5, 0.6) is 0 Å². The van der Waals surface area contributed by atoms with E-state index in [-0.39, 0.29) is 0 Å². The topological polar surface area (TPSA) is 51.8 Å². The molecule has 0 bridgehead atoms. The van der Waals surface area contributed by atoms with Crippen LogP contribution in [0, 0.1) is 6.92 Å². The molecule has 20 heavy (non-hydrogen) atoms. The summed E-state index contributed by atoms with van der Waals surface area (Å²) in [5.41, 5.74) is 11.5. The van der Waals surface area contributed by atoms with Crippen molar-refractivity contribution in [3.63, 3.8) is 0 Å². The Kier molecular flexibility index (Phi) is 3.17. The summed E-state index contributed by atoms with van der Waals surface area (Å²) < 4.78 is 0. The number of nitrogen functional groups attached to an aromatic ring is 1. The van der Waals surface area contributed by atoms with Gasteiger partial charge >= 0.3 is 0 Å². The van der Waals surface area contributed by atoms with E-state index in [4.69, 9.17) is 5.73 Å². The lowest BCUT2D eigenvalue weighted by atomic mass is 10.0. The first kappa shape index (κ1) is 12.4. The standard InChI is InChI=1S/C17H15N3/c1-12-2-4-13(5-3-12)16-17(20-11-10-19-16)14-6-8-15(18)9-7-14/h2-11H,18H2,1H3. The molecule has 0 atom stereocenters. The molecule has 0 amide bonds. The number of nitrogens with two attached hydrogens (primary N) is 1. The van der Waals surface area contributed by atoms with E-state index in [1.807, 2.05) is 24.3 Å². The van der Waals surface area contributed by atoms with Crippen LogP contribution in [0.2, 0.25) is 0 Å². The lowest BCUT2D eigenvalue weighted by Crippen LogP contribution is -1.93. The van der Waals surface area contributed by atoms with Crippen LogP contribution in [0.3, 0.4) is 0 Å². The monoisotopic (exact) mass is 261 g/mol. The molecule has 1 aromatic heterocycles. The van der Waals surface area contributed by atoms with Crippen molar-refractivity contribution in [1.29, 1.82) is 0 Å². The maximum absolute atomic E-state index is 5.73. The number of hydrogen-bond acceptors (Lipinski definition) is 3. The minimum atomic E-state index is 0.745. The van der Waals surface area contributed by atoms with Gasteiger partial charge in [0.05, 0.1) is 11.4 Å². The minimum absolute atomic E-state index is 0.745. The van der Waals surface area contributed by atoms with E-state index in [1.54, 1.807) is 12.4 Å². The van der Waals surface area contributed by atoms with Crippen LogP contribution in [0.4, 0.5) is 5.69 Å². The fraction of sp³-hybridized carbons (Fsp3) is 0.0588. The molecule has 0 saturated carbocycles. The van der Waals surface area contributed by atoms with Crippen molar-refractivity contribution in [1.82, 2.24) is 9.97 Å². The normalized spacial score (nSPS) is 10.4. The lowest BCUT2D eigenvalue weighted by Gasteiger charge is -2.08. The molecule has 98 valence electrons. The molecule has 3 nitrogen and oxygen atoms in total. The van der Waals surface area contributed by atoms with Gasteiger partial charge in [0.25, 0.3) is 0 Å². The van der Waals surface area contributed by atoms with Crippen LogP contribution in [0.1, 0.15) is 5.56 Å². The third kappa shape index (κ3) is 2.38. The van der Waals surface area contributed by atoms with E-state index in [2.05, 4.69) is 41.2 Å². The Morgan fingerprint density at radius 2 is 1.15 bits per heavy atom. The molecule has 0 aliphatic carbocycles. The number of aryl methyl sites for hydroxylation is 1. The number of rotatable bonds is 2. The SMILES string of the molecule is Cc1ccc(-c2nccnc2-c2ccc(N)cc2)cc1. The second-order valence-corrected chi connectivity index (χ2v) is 4.74. The molecule has 3 rings (SSSR count). The molecule has 3 heteroatoms. The third-order valence-electron chi connectivity index (χ3n) is 3.21. The van der Waals surface area contributed by atoms with Gasteiger partial charge in [-0.15, -0.1) is 0 Å². The van der Waals surface area contributed by atoms with Crippen LogP contribution >= 0.6 is 0 Å². The first-order valence-electron chi connectivity index (χ1n) is 6.48. The largest absolute Gasteiger partial charge is 0.399 e. The van der Waals surface area contributed by atoms with E-state index in [0.717, 1.165) is 28.2 Å². The minimum Gasteiger partial charge on any atom is -0.399 e. The first-order chi connectivity index (χ1) is 9.74. The maximum Gasteiger partial charge on any atom is 0.0965 e. The number of nitrogens with zero attached hydrogens (tertiary/aromatic N) is 2. The summed E-state index contributed by atoms with van der Waals surface area (Å²) in [6, 6.07) is 16.0. The van der Waals surface area contributed by atoms with E-state index < -0.39 is 0 Å². The molecule has 2 N–H and O–H groups in total. The van der Waals surface area contributed by atoms with Gasteiger partial charge in [0.1, 0.15) is 0 Å². The van der Waals surface area contributed by atoms with E-state index in [0.29, 0.717) is 0 Å². The molecule has 2 aromatic carbocycles. The average Bonchev–Trinajstić information content (AvgIpc) is 2.49. The molecule has 0 spiro atoms. The van der Waals surface area contributed by atoms with Crippen LogP contribution in [0.15, 0.2) is 60.9 Å². The molecule has 0 saturated heterocycles. The van der Waals surface area contributed by atoms with Crippen molar-refractivity contribution in [2.24, 2.45) is 0 Å². The lowest BCUT2D eigenvalue weighted by molar-refractivity contribution is 1.21. The summed E-state index contributed by atoms with van der Waals surface area (Å²) in [6.07, 6.45) is 3.43. The molecule has 0 aliphatic heterocycles. The zero-order valence-electron chi connectivity index (χ0n) is 11.2. The van der Waals surface area contributed by atoms with Crippen molar-refractivity contribution in [2.75, 3.05) is 5.73 Å². The smallest absolute Gasteiger partial charge is 0.0965 e.